The molecule has 0 saturated heterocycles. The maximum absolute atomic E-state index is 12.5. The molecule has 132 valence electrons. The number of anilines is 1. The van der Waals surface area contributed by atoms with Gasteiger partial charge in [0.2, 0.25) is 5.91 Å². The highest BCUT2D eigenvalue weighted by Crippen LogP contribution is 2.37. The van der Waals surface area contributed by atoms with Crippen LogP contribution in [0.5, 0.6) is 11.5 Å². The van der Waals surface area contributed by atoms with Crippen molar-refractivity contribution in [3.05, 3.63) is 59.8 Å². The number of nitrogens with one attached hydrogen (secondary N) is 1. The molecule has 0 radical (unpaired) electrons. The van der Waals surface area contributed by atoms with Gasteiger partial charge in [-0.2, -0.15) is 5.10 Å². The van der Waals surface area contributed by atoms with E-state index in [1.807, 2.05) is 37.3 Å². The zero-order valence-electron chi connectivity index (χ0n) is 14.7. The van der Waals surface area contributed by atoms with Gasteiger partial charge < -0.3 is 14.8 Å². The number of fused-ring (bicyclic) bond motifs is 3. The van der Waals surface area contributed by atoms with Crippen LogP contribution in [0.1, 0.15) is 11.1 Å². The third-order valence-corrected chi connectivity index (χ3v) is 4.34. The summed E-state index contributed by atoms with van der Waals surface area (Å²) in [5.41, 5.74) is 4.72. The number of aromatic nitrogens is 2. The molecule has 0 saturated carbocycles. The van der Waals surface area contributed by atoms with E-state index < -0.39 is 0 Å². The van der Waals surface area contributed by atoms with Crippen LogP contribution in [0.3, 0.4) is 0 Å². The van der Waals surface area contributed by atoms with Crippen molar-refractivity contribution in [3.63, 3.8) is 0 Å². The minimum absolute atomic E-state index is 0.125. The molecule has 0 unspecified atom stereocenters. The number of ether oxygens (including phenoxy) is 2. The number of amides is 1. The lowest BCUT2D eigenvalue weighted by Crippen LogP contribution is -2.21. The smallest absolute Gasteiger partial charge is 0.246 e. The number of carbonyl (C=O) groups is 1. The van der Waals surface area contributed by atoms with E-state index in [1.54, 1.807) is 24.1 Å². The number of aryl methyl sites for hydroxylation is 1. The molecule has 1 aromatic heterocycles. The zero-order chi connectivity index (χ0) is 18.1. The molecule has 0 spiro atoms. The van der Waals surface area contributed by atoms with Crippen molar-refractivity contribution in [1.29, 1.82) is 0 Å². The van der Waals surface area contributed by atoms with Crippen LogP contribution in [-0.4, -0.2) is 22.8 Å². The Morgan fingerprint density at radius 1 is 1.31 bits per heavy atom. The quantitative estimate of drug-likeness (QED) is 0.784. The van der Waals surface area contributed by atoms with Crippen LogP contribution in [-0.2, 0) is 17.9 Å². The summed E-state index contributed by atoms with van der Waals surface area (Å²) in [6.07, 6.45) is 1.76. The maximum Gasteiger partial charge on any atom is 0.246 e. The molecule has 1 N–H and O–H groups in total. The predicted octanol–water partition coefficient (Wildman–Crippen LogP) is 3.40. The Kier molecular flexibility index (Phi) is 4.08. The molecule has 0 fully saturated rings. The van der Waals surface area contributed by atoms with E-state index in [0.29, 0.717) is 18.0 Å². The molecule has 26 heavy (non-hydrogen) atoms. The highest BCUT2D eigenvalue weighted by molar-refractivity contribution is 5.91. The van der Waals surface area contributed by atoms with Crippen LogP contribution in [0.4, 0.5) is 5.69 Å². The van der Waals surface area contributed by atoms with Gasteiger partial charge in [-0.25, -0.2) is 0 Å². The van der Waals surface area contributed by atoms with Gasteiger partial charge in [0.15, 0.2) is 0 Å². The monoisotopic (exact) mass is 349 g/mol. The lowest BCUT2D eigenvalue weighted by atomic mass is 10.0. The first-order valence-electron chi connectivity index (χ1n) is 8.36. The molecule has 2 aromatic carbocycles. The zero-order valence-corrected chi connectivity index (χ0v) is 14.7. The number of hydrogen-bond donors (Lipinski definition) is 1. The first-order chi connectivity index (χ1) is 12.6. The molecule has 0 aliphatic carbocycles. The lowest BCUT2D eigenvalue weighted by Gasteiger charge is -2.19. The Balaban J connectivity index is 1.58. The minimum Gasteiger partial charge on any atom is -0.497 e. The van der Waals surface area contributed by atoms with E-state index in [1.165, 1.54) is 0 Å². The fraction of sp³-hybridized carbons (Fsp3) is 0.200. The minimum atomic E-state index is -0.148. The summed E-state index contributed by atoms with van der Waals surface area (Å²) in [6.45, 7) is 2.62. The molecule has 1 aliphatic heterocycles. The van der Waals surface area contributed by atoms with Gasteiger partial charge in [0.25, 0.3) is 0 Å². The third-order valence-electron chi connectivity index (χ3n) is 4.34. The van der Waals surface area contributed by atoms with E-state index in [4.69, 9.17) is 9.47 Å². The topological polar surface area (TPSA) is 65.4 Å². The van der Waals surface area contributed by atoms with Crippen LogP contribution in [0.2, 0.25) is 0 Å². The van der Waals surface area contributed by atoms with Gasteiger partial charge in [-0.05, 0) is 31.2 Å². The molecule has 1 amide bonds. The standard InChI is InChI=1S/C20H19N3O3/c1-13-6-7-18-17(8-13)20-14(12-26-18)10-21-23(20)11-19(24)22-15-4-3-5-16(9-15)25-2/h3-10H,11-12H2,1-2H3,(H,22,24). The van der Waals surface area contributed by atoms with Crippen LogP contribution in [0.15, 0.2) is 48.7 Å². The fourth-order valence-corrected chi connectivity index (χ4v) is 3.11. The van der Waals surface area contributed by atoms with E-state index in [2.05, 4.69) is 16.5 Å². The maximum atomic E-state index is 12.5. The molecule has 2 heterocycles. The van der Waals surface area contributed by atoms with Crippen molar-refractivity contribution in [1.82, 2.24) is 9.78 Å². The second kappa shape index (κ2) is 6.55. The van der Waals surface area contributed by atoms with Crippen molar-refractivity contribution in [2.75, 3.05) is 12.4 Å². The summed E-state index contributed by atoms with van der Waals surface area (Å²) in [7, 11) is 1.60. The molecular formula is C20H19N3O3. The third kappa shape index (κ3) is 3.01. The van der Waals surface area contributed by atoms with Gasteiger partial charge in [-0.3, -0.25) is 9.48 Å². The normalized spacial score (nSPS) is 11.9. The molecule has 0 atom stereocenters. The number of hydrogen-bond acceptors (Lipinski definition) is 4. The van der Waals surface area contributed by atoms with E-state index >= 15 is 0 Å². The highest BCUT2D eigenvalue weighted by atomic mass is 16.5. The van der Waals surface area contributed by atoms with Gasteiger partial charge in [-0.1, -0.05) is 17.7 Å². The van der Waals surface area contributed by atoms with Crippen LogP contribution in [0, 0.1) is 6.92 Å². The number of carbonyl (C=O) groups excluding carboxylic acids is 1. The lowest BCUT2D eigenvalue weighted by molar-refractivity contribution is -0.116. The second-order valence-electron chi connectivity index (χ2n) is 6.24. The van der Waals surface area contributed by atoms with E-state index in [0.717, 1.165) is 28.1 Å². The van der Waals surface area contributed by atoms with Crippen LogP contribution in [0.25, 0.3) is 11.3 Å². The number of methoxy groups -OCH3 is 1. The van der Waals surface area contributed by atoms with E-state index in [-0.39, 0.29) is 12.5 Å². The first kappa shape index (κ1) is 16.2. The van der Waals surface area contributed by atoms with Crippen molar-refractivity contribution in [2.45, 2.75) is 20.1 Å². The predicted molar refractivity (Wildman–Crippen MR) is 98.4 cm³/mol. The molecule has 1 aliphatic rings. The molecule has 4 rings (SSSR count). The number of rotatable bonds is 4. The Labute approximate surface area is 151 Å². The van der Waals surface area contributed by atoms with Gasteiger partial charge >= 0.3 is 0 Å². The van der Waals surface area contributed by atoms with Crippen molar-refractivity contribution in [2.24, 2.45) is 0 Å². The molecule has 6 heteroatoms. The van der Waals surface area contributed by atoms with E-state index in [9.17, 15) is 4.79 Å². The molecule has 0 bridgehead atoms. The molecule has 6 nitrogen and oxygen atoms in total. The van der Waals surface area contributed by atoms with Gasteiger partial charge in [0, 0.05) is 22.9 Å². The number of benzene rings is 2. The van der Waals surface area contributed by atoms with Crippen LogP contribution < -0.4 is 14.8 Å². The largest absolute Gasteiger partial charge is 0.497 e. The summed E-state index contributed by atoms with van der Waals surface area (Å²) >= 11 is 0. The molecule has 3 aromatic rings. The Morgan fingerprint density at radius 2 is 2.19 bits per heavy atom. The Bertz CT molecular complexity index is 978. The second-order valence-corrected chi connectivity index (χ2v) is 6.24. The van der Waals surface area contributed by atoms with Crippen molar-refractivity contribution >= 4 is 11.6 Å². The summed E-state index contributed by atoms with van der Waals surface area (Å²) in [4.78, 5) is 12.5. The average Bonchev–Trinajstić information content (AvgIpc) is 3.05. The van der Waals surface area contributed by atoms with Gasteiger partial charge in [0.1, 0.15) is 24.7 Å². The number of nitrogens with zero attached hydrogens (tertiary/aromatic N) is 2. The highest BCUT2D eigenvalue weighted by Gasteiger charge is 2.23. The fourth-order valence-electron chi connectivity index (χ4n) is 3.11. The van der Waals surface area contributed by atoms with Gasteiger partial charge in [-0.15, -0.1) is 0 Å². The van der Waals surface area contributed by atoms with Crippen molar-refractivity contribution < 1.29 is 14.3 Å². The molecular weight excluding hydrogens is 330 g/mol. The first-order valence-corrected chi connectivity index (χ1v) is 8.36. The SMILES string of the molecule is COc1cccc(NC(=O)Cn2ncc3c2-c2cc(C)ccc2OC3)c1. The summed E-state index contributed by atoms with van der Waals surface area (Å²) < 4.78 is 12.7. The summed E-state index contributed by atoms with van der Waals surface area (Å²) in [5.74, 6) is 1.36. The summed E-state index contributed by atoms with van der Waals surface area (Å²) in [5, 5.41) is 7.28. The van der Waals surface area contributed by atoms with Crippen LogP contribution >= 0.6 is 0 Å². The average molecular weight is 349 g/mol. The Hall–Kier alpha value is -3.28. The summed E-state index contributed by atoms with van der Waals surface area (Å²) in [6, 6.07) is 13.3. The van der Waals surface area contributed by atoms with Gasteiger partial charge in [0.05, 0.1) is 19.0 Å². The Morgan fingerprint density at radius 3 is 3.04 bits per heavy atom. The van der Waals surface area contributed by atoms with Crippen molar-refractivity contribution in [3.8, 4) is 22.8 Å².